The molecule has 0 saturated carbocycles. The Morgan fingerprint density at radius 1 is 1.14 bits per heavy atom. The number of rotatable bonds is 7. The number of sulfonamides is 1. The molecular formula is C25H29FN4O3S2. The summed E-state index contributed by atoms with van der Waals surface area (Å²) in [6.45, 7) is 6.49. The molecule has 1 saturated heterocycles. The molecular weight excluding hydrogens is 487 g/mol. The Morgan fingerprint density at radius 3 is 2.49 bits per heavy atom. The summed E-state index contributed by atoms with van der Waals surface area (Å²) < 4.78 is 39.7. The number of hydrogen-bond donors (Lipinski definition) is 1. The van der Waals surface area contributed by atoms with Crippen molar-refractivity contribution in [2.45, 2.75) is 19.9 Å². The lowest BCUT2D eigenvalue weighted by molar-refractivity contribution is 0.0922. The van der Waals surface area contributed by atoms with E-state index in [4.69, 9.17) is 0 Å². The van der Waals surface area contributed by atoms with Crippen molar-refractivity contribution in [3.05, 3.63) is 65.0 Å². The number of nitrogens with zero attached hydrogens (tertiary/aromatic N) is 3. The molecule has 0 unspecified atom stereocenters. The van der Waals surface area contributed by atoms with Crippen molar-refractivity contribution in [1.82, 2.24) is 19.5 Å². The van der Waals surface area contributed by atoms with Crippen molar-refractivity contribution in [2.24, 2.45) is 0 Å². The first kappa shape index (κ1) is 25.4. The van der Waals surface area contributed by atoms with Crippen LogP contribution < -0.4 is 5.32 Å². The third-order valence-corrected chi connectivity index (χ3v) is 8.18. The van der Waals surface area contributed by atoms with Crippen LogP contribution in [-0.4, -0.2) is 73.5 Å². The molecule has 4 rings (SSSR count). The van der Waals surface area contributed by atoms with Crippen LogP contribution in [0.1, 0.15) is 22.8 Å². The zero-order valence-corrected chi connectivity index (χ0v) is 21.6. The van der Waals surface area contributed by atoms with Gasteiger partial charge >= 0.3 is 0 Å². The summed E-state index contributed by atoms with van der Waals surface area (Å²) in [4.78, 5) is 20.4. The van der Waals surface area contributed by atoms with Crippen LogP contribution in [0.15, 0.2) is 48.1 Å². The third-order valence-electron chi connectivity index (χ3n) is 6.06. The van der Waals surface area contributed by atoms with Gasteiger partial charge in [0.05, 0.1) is 16.6 Å². The zero-order chi connectivity index (χ0) is 25.2. The van der Waals surface area contributed by atoms with Gasteiger partial charge in [-0.15, -0.1) is 11.3 Å². The van der Waals surface area contributed by atoms with Gasteiger partial charge in [0.25, 0.3) is 5.91 Å². The summed E-state index contributed by atoms with van der Waals surface area (Å²) in [6.07, 6.45) is 2.96. The number of nitrogens with one attached hydrogen (secondary N) is 1. The van der Waals surface area contributed by atoms with Crippen LogP contribution >= 0.6 is 11.3 Å². The van der Waals surface area contributed by atoms with Gasteiger partial charge in [-0.3, -0.25) is 14.7 Å². The van der Waals surface area contributed by atoms with Crippen LogP contribution in [0.4, 0.5) is 4.39 Å². The highest BCUT2D eigenvalue weighted by molar-refractivity contribution is 7.88. The minimum absolute atomic E-state index is 0.154. The molecule has 2 heterocycles. The predicted molar refractivity (Wildman–Crippen MR) is 137 cm³/mol. The second-order valence-electron chi connectivity index (χ2n) is 8.99. The number of hydrogen-bond acceptors (Lipinski definition) is 6. The molecule has 2 aromatic carbocycles. The SMILES string of the molecule is Cc1ccc(-c2cc(C(=O)N[C@H](C)CN3CCN(S(C)(=O)=O)CC3)cc(-c3cncs3)c2)c(F)c1. The topological polar surface area (TPSA) is 82.6 Å². The van der Waals surface area contributed by atoms with Crippen LogP contribution in [0.5, 0.6) is 0 Å². The maximum atomic E-state index is 14.8. The molecule has 0 spiro atoms. The van der Waals surface area contributed by atoms with Crippen molar-refractivity contribution in [3.63, 3.8) is 0 Å². The fourth-order valence-electron chi connectivity index (χ4n) is 4.25. The Kier molecular flexibility index (Phi) is 7.65. The Hall–Kier alpha value is -2.66. The molecule has 1 aliphatic rings. The van der Waals surface area contributed by atoms with Gasteiger partial charge in [0.1, 0.15) is 5.82 Å². The average Bonchev–Trinajstić information content (AvgIpc) is 3.33. The highest BCUT2D eigenvalue weighted by atomic mass is 32.2. The average molecular weight is 517 g/mol. The van der Waals surface area contributed by atoms with Gasteiger partial charge in [-0.05, 0) is 54.8 Å². The smallest absolute Gasteiger partial charge is 0.251 e. The van der Waals surface area contributed by atoms with Gasteiger partial charge in [0.2, 0.25) is 10.0 Å². The van der Waals surface area contributed by atoms with E-state index in [1.54, 1.807) is 29.9 Å². The number of halogens is 1. The number of thiazole rings is 1. The van der Waals surface area contributed by atoms with Gasteiger partial charge in [0.15, 0.2) is 0 Å². The fourth-order valence-corrected chi connectivity index (χ4v) is 5.69. The van der Waals surface area contributed by atoms with E-state index in [0.29, 0.717) is 49.4 Å². The van der Waals surface area contributed by atoms with E-state index >= 15 is 0 Å². The maximum Gasteiger partial charge on any atom is 0.251 e. The molecule has 0 radical (unpaired) electrons. The lowest BCUT2D eigenvalue weighted by Gasteiger charge is -2.34. The first-order chi connectivity index (χ1) is 16.6. The molecule has 1 amide bonds. The van der Waals surface area contributed by atoms with E-state index in [9.17, 15) is 17.6 Å². The molecule has 186 valence electrons. The van der Waals surface area contributed by atoms with Gasteiger partial charge in [0, 0.05) is 56.1 Å². The van der Waals surface area contributed by atoms with Crippen LogP contribution in [0.25, 0.3) is 21.6 Å². The Morgan fingerprint density at radius 2 is 1.86 bits per heavy atom. The molecule has 3 aromatic rings. The molecule has 1 N–H and O–H groups in total. The van der Waals surface area contributed by atoms with E-state index in [1.165, 1.54) is 28.0 Å². The molecule has 1 aromatic heterocycles. The monoisotopic (exact) mass is 516 g/mol. The van der Waals surface area contributed by atoms with Crippen LogP contribution in [0, 0.1) is 12.7 Å². The summed E-state index contributed by atoms with van der Waals surface area (Å²) in [5, 5.41) is 3.04. The lowest BCUT2D eigenvalue weighted by atomic mass is 9.97. The van der Waals surface area contributed by atoms with Gasteiger partial charge in [-0.25, -0.2) is 12.8 Å². The fraction of sp³-hybridized carbons (Fsp3) is 0.360. The number of carbonyl (C=O) groups excluding carboxylic acids is 1. The Labute approximate surface area is 209 Å². The van der Waals surface area contributed by atoms with Crippen molar-refractivity contribution in [1.29, 1.82) is 0 Å². The Balaban J connectivity index is 1.51. The number of amides is 1. The van der Waals surface area contributed by atoms with Crippen molar-refractivity contribution >= 4 is 27.3 Å². The first-order valence-electron chi connectivity index (χ1n) is 11.4. The van der Waals surface area contributed by atoms with Crippen molar-refractivity contribution in [2.75, 3.05) is 39.0 Å². The van der Waals surface area contributed by atoms with Gasteiger partial charge in [-0.1, -0.05) is 12.1 Å². The predicted octanol–water partition coefficient (Wildman–Crippen LogP) is 3.62. The molecule has 0 bridgehead atoms. The van der Waals surface area contributed by atoms with Crippen molar-refractivity contribution in [3.8, 4) is 21.6 Å². The molecule has 35 heavy (non-hydrogen) atoms. The minimum atomic E-state index is -3.18. The number of piperazine rings is 1. The summed E-state index contributed by atoms with van der Waals surface area (Å²) >= 11 is 1.46. The van der Waals surface area contributed by atoms with Crippen molar-refractivity contribution < 1.29 is 17.6 Å². The Bertz CT molecular complexity index is 1300. The minimum Gasteiger partial charge on any atom is -0.348 e. The molecule has 1 atom stereocenters. The summed E-state index contributed by atoms with van der Waals surface area (Å²) in [7, 11) is -3.18. The summed E-state index contributed by atoms with van der Waals surface area (Å²) in [6, 6.07) is 10.3. The molecule has 1 aliphatic heterocycles. The number of aromatic nitrogens is 1. The third kappa shape index (κ3) is 6.32. The second-order valence-corrected chi connectivity index (χ2v) is 11.9. The van der Waals surface area contributed by atoms with E-state index in [1.807, 2.05) is 26.0 Å². The van der Waals surface area contributed by atoms with E-state index < -0.39 is 10.0 Å². The quantitative estimate of drug-likeness (QED) is 0.519. The highest BCUT2D eigenvalue weighted by Crippen LogP contribution is 2.32. The second kappa shape index (κ2) is 10.5. The van der Waals surface area contributed by atoms with Crippen LogP contribution in [0.2, 0.25) is 0 Å². The zero-order valence-electron chi connectivity index (χ0n) is 20.0. The maximum absolute atomic E-state index is 14.8. The molecule has 7 nitrogen and oxygen atoms in total. The lowest BCUT2D eigenvalue weighted by Crippen LogP contribution is -2.51. The number of benzene rings is 2. The molecule has 0 aliphatic carbocycles. The largest absolute Gasteiger partial charge is 0.348 e. The highest BCUT2D eigenvalue weighted by Gasteiger charge is 2.24. The summed E-state index contributed by atoms with van der Waals surface area (Å²) in [5.41, 5.74) is 4.86. The first-order valence-corrected chi connectivity index (χ1v) is 14.1. The standard InChI is InChI=1S/C25H29FN4O3S2/c1-17-4-5-22(23(26)10-17)19-11-20(24-14-27-16-34-24)13-21(12-19)25(31)28-18(2)15-29-6-8-30(9-7-29)35(3,32)33/h4-5,10-14,16,18H,6-9,15H2,1-3H3,(H,28,31)/t18-/m1/s1. The summed E-state index contributed by atoms with van der Waals surface area (Å²) in [5.74, 6) is -0.577. The van der Waals surface area contributed by atoms with E-state index in [-0.39, 0.29) is 17.8 Å². The molecule has 1 fully saturated rings. The van der Waals surface area contributed by atoms with Gasteiger partial charge in [-0.2, -0.15) is 4.31 Å². The van der Waals surface area contributed by atoms with Crippen LogP contribution in [-0.2, 0) is 10.0 Å². The van der Waals surface area contributed by atoms with Gasteiger partial charge < -0.3 is 5.32 Å². The normalized spacial score (nSPS) is 16.2. The molecule has 10 heteroatoms. The van der Waals surface area contributed by atoms with E-state index in [2.05, 4.69) is 15.2 Å². The number of aryl methyl sites for hydroxylation is 1. The van der Waals surface area contributed by atoms with E-state index in [0.717, 1.165) is 16.0 Å². The van der Waals surface area contributed by atoms with Crippen LogP contribution in [0.3, 0.4) is 0 Å². The number of carbonyl (C=O) groups is 1.